The molecular weight excluding hydrogens is 236 g/mol. The first-order valence-electron chi connectivity index (χ1n) is 8.13. The van der Waals surface area contributed by atoms with Gasteiger partial charge in [-0.25, -0.2) is 4.79 Å². The molecule has 0 aromatic rings. The fourth-order valence-electron chi connectivity index (χ4n) is 3.81. The maximum absolute atomic E-state index is 12.3. The number of likely N-dealkylation sites (tertiary alicyclic amines) is 1. The lowest BCUT2D eigenvalue weighted by molar-refractivity contribution is 0.140. The topological polar surface area (TPSA) is 32.3 Å². The van der Waals surface area contributed by atoms with Crippen molar-refractivity contribution >= 4 is 6.03 Å². The summed E-state index contributed by atoms with van der Waals surface area (Å²) in [6.45, 7) is 8.64. The number of urea groups is 1. The average molecular weight is 266 g/mol. The van der Waals surface area contributed by atoms with Crippen molar-refractivity contribution in [3.63, 3.8) is 0 Å². The van der Waals surface area contributed by atoms with E-state index in [9.17, 15) is 4.79 Å². The zero-order chi connectivity index (χ0) is 13.8. The lowest BCUT2D eigenvalue weighted by Crippen LogP contribution is -2.50. The summed E-state index contributed by atoms with van der Waals surface area (Å²) < 4.78 is 0. The third-order valence-electron chi connectivity index (χ3n) is 4.91. The zero-order valence-corrected chi connectivity index (χ0v) is 12.8. The van der Waals surface area contributed by atoms with Gasteiger partial charge in [0.25, 0.3) is 0 Å². The number of carbonyl (C=O) groups is 1. The average Bonchev–Trinajstić information content (AvgIpc) is 2.38. The number of carbonyl (C=O) groups excluding carboxylic acids is 1. The Labute approximate surface area is 118 Å². The number of hydrogen-bond acceptors (Lipinski definition) is 1. The van der Waals surface area contributed by atoms with Crippen LogP contribution in [0.2, 0.25) is 0 Å². The predicted molar refractivity (Wildman–Crippen MR) is 79.1 cm³/mol. The molecule has 0 radical (unpaired) electrons. The molecule has 1 saturated carbocycles. The summed E-state index contributed by atoms with van der Waals surface area (Å²) in [5.41, 5.74) is 0. The second-order valence-electron chi connectivity index (χ2n) is 6.93. The summed E-state index contributed by atoms with van der Waals surface area (Å²) in [6, 6.07) is 0.598. The van der Waals surface area contributed by atoms with Gasteiger partial charge in [0.2, 0.25) is 0 Å². The van der Waals surface area contributed by atoms with E-state index in [0.29, 0.717) is 17.9 Å². The number of hydrogen-bond donors (Lipinski definition) is 1. The molecule has 0 aromatic heterocycles. The molecule has 1 N–H and O–H groups in total. The number of piperidine rings is 1. The third kappa shape index (κ3) is 4.12. The highest BCUT2D eigenvalue weighted by Crippen LogP contribution is 2.27. The van der Waals surface area contributed by atoms with E-state index in [1.54, 1.807) is 0 Å². The molecule has 1 aliphatic heterocycles. The van der Waals surface area contributed by atoms with Crippen LogP contribution >= 0.6 is 0 Å². The van der Waals surface area contributed by atoms with Crippen molar-refractivity contribution in [1.82, 2.24) is 10.2 Å². The molecule has 0 bridgehead atoms. The molecule has 1 heterocycles. The first-order chi connectivity index (χ1) is 9.08. The minimum Gasteiger partial charge on any atom is -0.335 e. The Hall–Kier alpha value is -0.730. The summed E-state index contributed by atoms with van der Waals surface area (Å²) in [6.07, 6.45) is 7.46. The Morgan fingerprint density at radius 2 is 1.68 bits per heavy atom. The molecule has 2 aliphatic rings. The monoisotopic (exact) mass is 266 g/mol. The van der Waals surface area contributed by atoms with Gasteiger partial charge in [-0.05, 0) is 49.9 Å². The van der Waals surface area contributed by atoms with Crippen LogP contribution in [0.3, 0.4) is 0 Å². The van der Waals surface area contributed by atoms with E-state index >= 15 is 0 Å². The van der Waals surface area contributed by atoms with E-state index in [2.05, 4.69) is 26.1 Å². The summed E-state index contributed by atoms with van der Waals surface area (Å²) in [5.74, 6) is 2.18. The maximum Gasteiger partial charge on any atom is 0.317 e. The van der Waals surface area contributed by atoms with E-state index in [1.165, 1.54) is 38.5 Å². The molecule has 1 aliphatic carbocycles. The van der Waals surface area contributed by atoms with Gasteiger partial charge in [-0.15, -0.1) is 0 Å². The summed E-state index contributed by atoms with van der Waals surface area (Å²) >= 11 is 0. The molecule has 2 rings (SSSR count). The Morgan fingerprint density at radius 1 is 1.11 bits per heavy atom. The van der Waals surface area contributed by atoms with E-state index in [4.69, 9.17) is 0 Å². The maximum atomic E-state index is 12.3. The van der Waals surface area contributed by atoms with Crippen LogP contribution in [-0.2, 0) is 0 Å². The highest BCUT2D eigenvalue weighted by Gasteiger charge is 2.28. The Morgan fingerprint density at radius 3 is 2.21 bits per heavy atom. The molecule has 1 saturated heterocycles. The fourth-order valence-corrected chi connectivity index (χ4v) is 3.81. The second-order valence-corrected chi connectivity index (χ2v) is 6.93. The first-order valence-corrected chi connectivity index (χ1v) is 8.13. The van der Waals surface area contributed by atoms with Crippen LogP contribution in [0, 0.1) is 17.8 Å². The summed E-state index contributed by atoms with van der Waals surface area (Å²) in [7, 11) is 0. The molecule has 0 spiro atoms. The van der Waals surface area contributed by atoms with Gasteiger partial charge in [-0.2, -0.15) is 0 Å². The van der Waals surface area contributed by atoms with Crippen molar-refractivity contribution in [1.29, 1.82) is 0 Å². The molecular formula is C16H30N2O. The van der Waals surface area contributed by atoms with Crippen LogP contribution in [0.25, 0.3) is 0 Å². The third-order valence-corrected chi connectivity index (χ3v) is 4.91. The minimum atomic E-state index is 0.179. The molecule has 0 aromatic carbocycles. The van der Waals surface area contributed by atoms with Gasteiger partial charge in [-0.1, -0.05) is 27.2 Å². The van der Waals surface area contributed by atoms with Crippen LogP contribution < -0.4 is 5.32 Å². The van der Waals surface area contributed by atoms with Crippen LogP contribution in [0.5, 0.6) is 0 Å². The van der Waals surface area contributed by atoms with E-state index in [1.807, 2.05) is 4.90 Å². The van der Waals surface area contributed by atoms with E-state index < -0.39 is 0 Å². The van der Waals surface area contributed by atoms with Gasteiger partial charge in [0.1, 0.15) is 0 Å². The largest absolute Gasteiger partial charge is 0.335 e. The van der Waals surface area contributed by atoms with Crippen molar-refractivity contribution in [2.45, 2.75) is 65.3 Å². The molecule has 2 fully saturated rings. The minimum absolute atomic E-state index is 0.179. The van der Waals surface area contributed by atoms with Crippen molar-refractivity contribution in [2.75, 3.05) is 13.1 Å². The van der Waals surface area contributed by atoms with E-state index in [-0.39, 0.29) is 6.03 Å². The van der Waals surface area contributed by atoms with Gasteiger partial charge < -0.3 is 10.2 Å². The molecule has 2 amide bonds. The first kappa shape index (κ1) is 14.7. The highest BCUT2D eigenvalue weighted by molar-refractivity contribution is 5.74. The van der Waals surface area contributed by atoms with Gasteiger partial charge >= 0.3 is 6.03 Å². The summed E-state index contributed by atoms with van der Waals surface area (Å²) in [4.78, 5) is 14.4. The number of amides is 2. The standard InChI is InChI=1S/C16H30N2O/c1-4-14-5-7-15(8-6-14)17-16(19)18-10-12(2)9-13(3)11-18/h12-15H,4-11H2,1-3H3,(H,17,19)/t12-,13-,14?,15?/m0/s1. The number of nitrogens with zero attached hydrogens (tertiary/aromatic N) is 1. The predicted octanol–water partition coefficient (Wildman–Crippen LogP) is 3.64. The second kappa shape index (κ2) is 6.62. The van der Waals surface area contributed by atoms with Crippen LogP contribution in [-0.4, -0.2) is 30.1 Å². The smallest absolute Gasteiger partial charge is 0.317 e. The lowest BCUT2D eigenvalue weighted by Gasteiger charge is -2.37. The molecule has 2 atom stereocenters. The van der Waals surface area contributed by atoms with Gasteiger partial charge in [-0.3, -0.25) is 0 Å². The van der Waals surface area contributed by atoms with Crippen LogP contribution in [0.15, 0.2) is 0 Å². The zero-order valence-electron chi connectivity index (χ0n) is 12.8. The quantitative estimate of drug-likeness (QED) is 0.813. The molecule has 110 valence electrons. The van der Waals surface area contributed by atoms with Crippen molar-refractivity contribution in [3.8, 4) is 0 Å². The van der Waals surface area contributed by atoms with Crippen LogP contribution in [0.1, 0.15) is 59.3 Å². The number of nitrogens with one attached hydrogen (secondary N) is 1. The van der Waals surface area contributed by atoms with Gasteiger partial charge in [0, 0.05) is 19.1 Å². The molecule has 3 nitrogen and oxygen atoms in total. The highest BCUT2D eigenvalue weighted by atomic mass is 16.2. The fraction of sp³-hybridized carbons (Fsp3) is 0.938. The lowest BCUT2D eigenvalue weighted by atomic mass is 9.84. The van der Waals surface area contributed by atoms with Crippen molar-refractivity contribution in [2.24, 2.45) is 17.8 Å². The summed E-state index contributed by atoms with van der Waals surface area (Å²) in [5, 5.41) is 3.26. The van der Waals surface area contributed by atoms with Crippen LogP contribution in [0.4, 0.5) is 4.79 Å². The number of rotatable bonds is 2. The van der Waals surface area contributed by atoms with Crippen molar-refractivity contribution < 1.29 is 4.79 Å². The SMILES string of the molecule is CCC1CCC(NC(=O)N2C[C@@H](C)C[C@H](C)C2)CC1. The Balaban J connectivity index is 1.78. The Bertz CT molecular complexity index is 287. The van der Waals surface area contributed by atoms with E-state index in [0.717, 1.165) is 19.0 Å². The van der Waals surface area contributed by atoms with Crippen molar-refractivity contribution in [3.05, 3.63) is 0 Å². The molecule has 0 unspecified atom stereocenters. The Kier molecular flexibility index (Phi) is 5.12. The van der Waals surface area contributed by atoms with Gasteiger partial charge in [0.15, 0.2) is 0 Å². The molecule has 3 heteroatoms. The normalized spacial score (nSPS) is 36.1. The van der Waals surface area contributed by atoms with Gasteiger partial charge in [0.05, 0.1) is 0 Å². The molecule has 19 heavy (non-hydrogen) atoms.